The minimum absolute atomic E-state index is 0.200. The van der Waals surface area contributed by atoms with E-state index in [2.05, 4.69) is 40.9 Å². The van der Waals surface area contributed by atoms with Crippen LogP contribution in [0.4, 0.5) is 5.69 Å². The van der Waals surface area contributed by atoms with Gasteiger partial charge in [0, 0.05) is 12.6 Å². The molecule has 5 aromatic carbocycles. The number of hydrazone groups is 1. The molecule has 5 aromatic rings. The number of ether oxygens (including phenoxy) is 1. The van der Waals surface area contributed by atoms with E-state index in [1.54, 1.807) is 54.7 Å². The zero-order valence-electron chi connectivity index (χ0n) is 22.7. The lowest BCUT2D eigenvalue weighted by atomic mass is 10.1. The number of amides is 1. The number of hydrogen-bond donors (Lipinski definition) is 1. The lowest BCUT2D eigenvalue weighted by molar-refractivity contribution is 0.0955. The number of rotatable bonds is 9. The van der Waals surface area contributed by atoms with Crippen molar-refractivity contribution < 1.29 is 17.9 Å². The van der Waals surface area contributed by atoms with Crippen molar-refractivity contribution in [1.82, 2.24) is 5.43 Å². The molecule has 0 heterocycles. The van der Waals surface area contributed by atoms with Gasteiger partial charge in [0.15, 0.2) is 0 Å². The molecule has 0 unspecified atom stereocenters. The first-order chi connectivity index (χ1) is 19.8. The predicted molar refractivity (Wildman–Crippen MR) is 163 cm³/mol. The lowest BCUT2D eigenvalue weighted by Crippen LogP contribution is -2.26. The van der Waals surface area contributed by atoms with E-state index in [0.717, 1.165) is 22.4 Å². The molecule has 0 saturated carbocycles. The minimum Gasteiger partial charge on any atom is -0.489 e. The highest BCUT2D eigenvalue weighted by Crippen LogP contribution is 2.23. The highest BCUT2D eigenvalue weighted by molar-refractivity contribution is 7.92. The molecular formula is C33H29N3O4S. The van der Waals surface area contributed by atoms with Gasteiger partial charge in [0.25, 0.3) is 15.9 Å². The Kier molecular flexibility index (Phi) is 8.12. The monoisotopic (exact) mass is 563 g/mol. The number of hydrogen-bond acceptors (Lipinski definition) is 5. The summed E-state index contributed by atoms with van der Waals surface area (Å²) in [5.41, 5.74) is 6.15. The predicted octanol–water partition coefficient (Wildman–Crippen LogP) is 6.32. The van der Waals surface area contributed by atoms with Crippen LogP contribution in [-0.4, -0.2) is 27.6 Å². The normalized spacial score (nSPS) is 11.5. The third kappa shape index (κ3) is 6.62. The van der Waals surface area contributed by atoms with Crippen molar-refractivity contribution in [2.45, 2.75) is 18.4 Å². The molecule has 206 valence electrons. The molecule has 0 aliphatic heterocycles. The summed E-state index contributed by atoms with van der Waals surface area (Å²) in [6, 6.07) is 34.8. The number of carbonyl (C=O) groups is 1. The molecule has 0 bridgehead atoms. The van der Waals surface area contributed by atoms with Gasteiger partial charge in [-0.25, -0.2) is 13.8 Å². The van der Waals surface area contributed by atoms with Gasteiger partial charge in [-0.1, -0.05) is 54.1 Å². The largest absolute Gasteiger partial charge is 0.489 e. The van der Waals surface area contributed by atoms with Crippen LogP contribution >= 0.6 is 0 Å². The average Bonchev–Trinajstić information content (AvgIpc) is 3.00. The SMILES string of the molecule is Cc1ccc(S(=O)(=O)N(C)c2ccc(C(=O)N/N=C\c3ccc(OCc4ccc5ccccc5c4)cc3)cc2)cc1. The summed E-state index contributed by atoms with van der Waals surface area (Å²) in [6.45, 7) is 2.36. The third-order valence-corrected chi connectivity index (χ3v) is 8.45. The zero-order valence-corrected chi connectivity index (χ0v) is 23.5. The van der Waals surface area contributed by atoms with E-state index in [1.165, 1.54) is 22.1 Å². The molecular weight excluding hydrogens is 534 g/mol. The van der Waals surface area contributed by atoms with Crippen LogP contribution in [0.2, 0.25) is 0 Å². The van der Waals surface area contributed by atoms with E-state index >= 15 is 0 Å². The van der Waals surface area contributed by atoms with Crippen molar-refractivity contribution in [1.29, 1.82) is 0 Å². The molecule has 0 radical (unpaired) electrons. The Labute approximate surface area is 239 Å². The van der Waals surface area contributed by atoms with E-state index in [1.807, 2.05) is 43.3 Å². The number of sulfonamides is 1. The van der Waals surface area contributed by atoms with Crippen molar-refractivity contribution in [2.75, 3.05) is 11.4 Å². The van der Waals surface area contributed by atoms with Gasteiger partial charge in [-0.2, -0.15) is 5.10 Å². The Morgan fingerprint density at radius 1 is 0.854 bits per heavy atom. The number of carbonyl (C=O) groups excluding carboxylic acids is 1. The molecule has 1 amide bonds. The van der Waals surface area contributed by atoms with Crippen molar-refractivity contribution in [2.24, 2.45) is 5.10 Å². The van der Waals surface area contributed by atoms with E-state index in [9.17, 15) is 13.2 Å². The third-order valence-electron chi connectivity index (χ3n) is 6.65. The maximum Gasteiger partial charge on any atom is 0.271 e. The molecule has 0 saturated heterocycles. The van der Waals surface area contributed by atoms with Crippen molar-refractivity contribution >= 4 is 38.6 Å². The zero-order chi connectivity index (χ0) is 28.8. The summed E-state index contributed by atoms with van der Waals surface area (Å²) >= 11 is 0. The van der Waals surface area contributed by atoms with Crippen molar-refractivity contribution in [3.05, 3.63) is 138 Å². The van der Waals surface area contributed by atoms with E-state index in [-0.39, 0.29) is 4.90 Å². The Hall–Kier alpha value is -4.95. The van der Waals surface area contributed by atoms with Gasteiger partial charge in [-0.15, -0.1) is 0 Å². The van der Waals surface area contributed by atoms with Gasteiger partial charge in [-0.3, -0.25) is 9.10 Å². The Balaban J connectivity index is 1.14. The van der Waals surface area contributed by atoms with Crippen LogP contribution in [-0.2, 0) is 16.6 Å². The second-order valence-corrected chi connectivity index (χ2v) is 11.5. The summed E-state index contributed by atoms with van der Waals surface area (Å²) in [6.07, 6.45) is 1.54. The molecule has 1 N–H and O–H groups in total. The standard InChI is InChI=1S/C33H29N3O4S/c1-24-7-19-32(20-8-24)41(38,39)36(2)30-15-13-28(14-16-30)33(37)35-34-22-25-10-17-31(18-11-25)40-23-26-9-12-27-5-3-4-6-29(27)21-26/h3-22H,23H2,1-2H3,(H,35,37)/b34-22-. The second kappa shape index (κ2) is 12.1. The number of nitrogens with one attached hydrogen (secondary N) is 1. The molecule has 0 aromatic heterocycles. The fourth-order valence-corrected chi connectivity index (χ4v) is 5.40. The minimum atomic E-state index is -3.72. The second-order valence-electron chi connectivity index (χ2n) is 9.57. The van der Waals surface area contributed by atoms with Crippen molar-refractivity contribution in [3.63, 3.8) is 0 Å². The summed E-state index contributed by atoms with van der Waals surface area (Å²) in [7, 11) is -2.24. The quantitative estimate of drug-likeness (QED) is 0.168. The molecule has 7 nitrogen and oxygen atoms in total. The van der Waals surface area contributed by atoms with Crippen molar-refractivity contribution in [3.8, 4) is 5.75 Å². The first-order valence-electron chi connectivity index (χ1n) is 13.0. The summed E-state index contributed by atoms with van der Waals surface area (Å²) < 4.78 is 33.0. The van der Waals surface area contributed by atoms with Crippen LogP contribution < -0.4 is 14.5 Å². The molecule has 5 rings (SSSR count). The van der Waals surface area contributed by atoms with Gasteiger partial charge >= 0.3 is 0 Å². The Morgan fingerprint density at radius 3 is 2.24 bits per heavy atom. The van der Waals surface area contributed by atoms with Gasteiger partial charge in [-0.05, 0) is 95.6 Å². The molecule has 0 aliphatic carbocycles. The molecule has 0 fully saturated rings. The number of nitrogens with zero attached hydrogens (tertiary/aromatic N) is 2. The van der Waals surface area contributed by atoms with Crippen LogP contribution in [0.3, 0.4) is 0 Å². The summed E-state index contributed by atoms with van der Waals surface area (Å²) in [4.78, 5) is 12.7. The number of anilines is 1. The van der Waals surface area contributed by atoms with E-state index in [0.29, 0.717) is 17.9 Å². The molecule has 0 aliphatic rings. The summed E-state index contributed by atoms with van der Waals surface area (Å²) in [5, 5.41) is 6.41. The highest BCUT2D eigenvalue weighted by Gasteiger charge is 2.21. The van der Waals surface area contributed by atoms with Gasteiger partial charge in [0.1, 0.15) is 12.4 Å². The van der Waals surface area contributed by atoms with E-state index in [4.69, 9.17) is 4.74 Å². The fraction of sp³-hybridized carbons (Fsp3) is 0.0909. The van der Waals surface area contributed by atoms with Crippen LogP contribution in [0.25, 0.3) is 10.8 Å². The molecule has 0 atom stereocenters. The van der Waals surface area contributed by atoms with Crippen LogP contribution in [0.15, 0.2) is 125 Å². The van der Waals surface area contributed by atoms with Crippen LogP contribution in [0.5, 0.6) is 5.75 Å². The molecule has 41 heavy (non-hydrogen) atoms. The smallest absolute Gasteiger partial charge is 0.271 e. The molecule has 8 heteroatoms. The van der Waals surface area contributed by atoms with Gasteiger partial charge in [0.2, 0.25) is 0 Å². The maximum absolute atomic E-state index is 12.9. The first-order valence-corrected chi connectivity index (χ1v) is 14.4. The summed E-state index contributed by atoms with van der Waals surface area (Å²) in [5.74, 6) is 0.320. The average molecular weight is 564 g/mol. The van der Waals surface area contributed by atoms with Gasteiger partial charge in [0.05, 0.1) is 16.8 Å². The van der Waals surface area contributed by atoms with E-state index < -0.39 is 15.9 Å². The van der Waals surface area contributed by atoms with Crippen LogP contribution in [0.1, 0.15) is 27.0 Å². The Bertz CT molecular complexity index is 1800. The lowest BCUT2D eigenvalue weighted by Gasteiger charge is -2.19. The highest BCUT2D eigenvalue weighted by atomic mass is 32.2. The van der Waals surface area contributed by atoms with Crippen LogP contribution in [0, 0.1) is 6.92 Å². The number of fused-ring (bicyclic) bond motifs is 1. The fourth-order valence-electron chi connectivity index (χ4n) is 4.21. The number of aryl methyl sites for hydroxylation is 1. The maximum atomic E-state index is 12.9. The Morgan fingerprint density at radius 2 is 1.54 bits per heavy atom. The van der Waals surface area contributed by atoms with Gasteiger partial charge < -0.3 is 4.74 Å². The first kappa shape index (κ1) is 27.6. The number of benzene rings is 5. The molecule has 0 spiro atoms. The topological polar surface area (TPSA) is 88.1 Å².